The topological polar surface area (TPSA) is 109 Å². The Hall–Kier alpha value is -3.77. The minimum atomic E-state index is -4.61. The van der Waals surface area contributed by atoms with Crippen LogP contribution < -0.4 is 15.0 Å². The number of alkyl halides is 3. The number of H-pyrrole nitrogens is 1. The lowest BCUT2D eigenvalue weighted by atomic mass is 10.3. The number of aromatic amines is 1. The summed E-state index contributed by atoms with van der Waals surface area (Å²) in [6.45, 7) is -0.331. The van der Waals surface area contributed by atoms with Crippen LogP contribution in [0, 0.1) is 5.95 Å². The third kappa shape index (κ3) is 4.94. The molecule has 3 heterocycles. The maximum atomic E-state index is 12.9. The Kier molecular flexibility index (Phi) is 5.57. The van der Waals surface area contributed by atoms with E-state index in [9.17, 15) is 22.4 Å². The molecule has 3 aromatic heterocycles. The average Bonchev–Trinajstić information content (AvgIpc) is 3.17. The van der Waals surface area contributed by atoms with Crippen LogP contribution in [0.15, 0.2) is 36.8 Å². The number of nitrogens with one attached hydrogen (secondary N) is 2. The molecule has 29 heavy (non-hydrogen) atoms. The highest BCUT2D eigenvalue weighted by molar-refractivity contribution is 6.01. The van der Waals surface area contributed by atoms with E-state index >= 15 is 0 Å². The molecule has 0 atom stereocenters. The molecule has 0 saturated heterocycles. The number of carbonyl (C=O) groups is 1. The van der Waals surface area contributed by atoms with Gasteiger partial charge in [-0.05, 0) is 18.2 Å². The van der Waals surface area contributed by atoms with Gasteiger partial charge in [0.05, 0.1) is 49.3 Å². The van der Waals surface area contributed by atoms with Crippen LogP contribution in [0.4, 0.5) is 33.7 Å². The van der Waals surface area contributed by atoms with E-state index in [0.29, 0.717) is 0 Å². The summed E-state index contributed by atoms with van der Waals surface area (Å²) >= 11 is 0. The summed E-state index contributed by atoms with van der Waals surface area (Å²) in [4.78, 5) is 24.9. The highest BCUT2D eigenvalue weighted by Crippen LogP contribution is 2.28. The minimum Gasteiger partial charge on any atom is -0.467 e. The Balaban J connectivity index is 1.87. The number of halogens is 4. The molecule has 9 nitrogen and oxygen atoms in total. The van der Waals surface area contributed by atoms with Crippen molar-refractivity contribution in [2.45, 2.75) is 12.7 Å². The predicted octanol–water partition coefficient (Wildman–Crippen LogP) is 3.00. The third-order valence-electron chi connectivity index (χ3n) is 3.59. The minimum absolute atomic E-state index is 0.0379. The molecule has 0 aromatic carbocycles. The zero-order valence-electron chi connectivity index (χ0n) is 14.7. The molecule has 0 saturated carbocycles. The molecule has 152 valence electrons. The van der Waals surface area contributed by atoms with Gasteiger partial charge in [0.15, 0.2) is 0 Å². The number of hydrogen-bond acceptors (Lipinski definition) is 6. The van der Waals surface area contributed by atoms with Crippen molar-refractivity contribution < 1.29 is 27.1 Å². The molecule has 0 bridgehead atoms. The van der Waals surface area contributed by atoms with Crippen LogP contribution in [0.3, 0.4) is 0 Å². The first-order valence-corrected chi connectivity index (χ1v) is 7.94. The fourth-order valence-corrected chi connectivity index (χ4v) is 2.23. The van der Waals surface area contributed by atoms with E-state index in [1.165, 1.54) is 25.6 Å². The van der Waals surface area contributed by atoms with Gasteiger partial charge in [-0.3, -0.25) is 10.00 Å². The summed E-state index contributed by atoms with van der Waals surface area (Å²) in [6.07, 6.45) is -1.01. The molecule has 0 aliphatic heterocycles. The Labute approximate surface area is 160 Å². The molecule has 0 aliphatic carbocycles. The Morgan fingerprint density at radius 1 is 1.21 bits per heavy atom. The van der Waals surface area contributed by atoms with E-state index in [2.05, 4.69) is 25.4 Å². The van der Waals surface area contributed by atoms with Crippen LogP contribution in [-0.2, 0) is 12.7 Å². The van der Waals surface area contributed by atoms with Crippen LogP contribution in [0.5, 0.6) is 6.01 Å². The fourth-order valence-electron chi connectivity index (χ4n) is 2.23. The van der Waals surface area contributed by atoms with Gasteiger partial charge in [-0.2, -0.15) is 22.7 Å². The molecule has 2 amide bonds. The number of methoxy groups -OCH3 is 1. The Morgan fingerprint density at radius 2 is 1.93 bits per heavy atom. The smallest absolute Gasteiger partial charge is 0.432 e. The van der Waals surface area contributed by atoms with E-state index in [-0.39, 0.29) is 29.6 Å². The average molecular weight is 411 g/mol. The first-order valence-electron chi connectivity index (χ1n) is 7.94. The number of hydrogen-bond donors (Lipinski definition) is 2. The van der Waals surface area contributed by atoms with E-state index in [4.69, 9.17) is 4.74 Å². The molecule has 0 unspecified atom stereocenters. The number of amides is 2. The van der Waals surface area contributed by atoms with Crippen LogP contribution in [0.1, 0.15) is 11.4 Å². The van der Waals surface area contributed by atoms with Crippen LogP contribution >= 0.6 is 0 Å². The quantitative estimate of drug-likeness (QED) is 0.494. The number of carbonyl (C=O) groups excluding carboxylic acids is 1. The number of anilines is 2. The molecule has 2 N–H and O–H groups in total. The van der Waals surface area contributed by atoms with Crippen molar-refractivity contribution in [3.8, 4) is 6.01 Å². The maximum absolute atomic E-state index is 12.9. The van der Waals surface area contributed by atoms with Gasteiger partial charge in [-0.25, -0.2) is 19.7 Å². The highest BCUT2D eigenvalue weighted by atomic mass is 19.4. The molecule has 13 heteroatoms. The number of rotatable bonds is 5. The molecule has 0 fully saturated rings. The highest BCUT2D eigenvalue weighted by Gasteiger charge is 2.33. The molecular weight excluding hydrogens is 398 g/mol. The lowest BCUT2D eigenvalue weighted by Gasteiger charge is -2.21. The second kappa shape index (κ2) is 8.08. The summed E-state index contributed by atoms with van der Waals surface area (Å²) in [6, 6.07) is 2.39. The van der Waals surface area contributed by atoms with Gasteiger partial charge in [0.25, 0.3) is 0 Å². The van der Waals surface area contributed by atoms with Gasteiger partial charge < -0.3 is 10.1 Å². The lowest BCUT2D eigenvalue weighted by molar-refractivity contribution is -0.141. The third-order valence-corrected chi connectivity index (χ3v) is 3.59. The van der Waals surface area contributed by atoms with Gasteiger partial charge >= 0.3 is 18.2 Å². The number of nitrogens with zero attached hydrogens (tertiary/aromatic N) is 5. The van der Waals surface area contributed by atoms with Crippen LogP contribution in [-0.4, -0.2) is 38.3 Å². The van der Waals surface area contributed by atoms with Crippen molar-refractivity contribution >= 4 is 17.4 Å². The van der Waals surface area contributed by atoms with Gasteiger partial charge in [0.1, 0.15) is 5.69 Å². The SMILES string of the molecule is COc1ncc(N(Cc2cc(C(F)(F)F)[nH]n2)C(=O)Nc2ccc(F)nc2)cn1. The lowest BCUT2D eigenvalue weighted by Crippen LogP contribution is -2.35. The number of urea groups is 1. The van der Waals surface area contributed by atoms with E-state index in [0.717, 1.165) is 23.2 Å². The second-order valence-electron chi connectivity index (χ2n) is 5.58. The van der Waals surface area contributed by atoms with E-state index in [1.54, 1.807) is 0 Å². The Bertz CT molecular complexity index is 974. The number of aromatic nitrogens is 5. The summed E-state index contributed by atoms with van der Waals surface area (Å²) in [5.41, 5.74) is -0.772. The monoisotopic (exact) mass is 411 g/mol. The fraction of sp³-hybridized carbons (Fsp3) is 0.188. The molecule has 3 rings (SSSR count). The van der Waals surface area contributed by atoms with Gasteiger partial charge in [-0.15, -0.1) is 0 Å². The van der Waals surface area contributed by atoms with E-state index in [1.807, 2.05) is 5.10 Å². The zero-order valence-corrected chi connectivity index (χ0v) is 14.7. The number of ether oxygens (including phenoxy) is 1. The van der Waals surface area contributed by atoms with Gasteiger partial charge in [0.2, 0.25) is 5.95 Å². The van der Waals surface area contributed by atoms with Crippen molar-refractivity contribution in [2.24, 2.45) is 0 Å². The summed E-state index contributed by atoms with van der Waals surface area (Å²) in [5.74, 6) is -0.736. The molecule has 3 aromatic rings. The second-order valence-corrected chi connectivity index (χ2v) is 5.58. The van der Waals surface area contributed by atoms with E-state index < -0.39 is 23.8 Å². The zero-order chi connectivity index (χ0) is 21.0. The van der Waals surface area contributed by atoms with Gasteiger partial charge in [-0.1, -0.05) is 0 Å². The van der Waals surface area contributed by atoms with Crippen molar-refractivity contribution in [1.29, 1.82) is 0 Å². The van der Waals surface area contributed by atoms with Crippen molar-refractivity contribution in [1.82, 2.24) is 25.1 Å². The molecule has 0 aliphatic rings. The Morgan fingerprint density at radius 3 is 2.48 bits per heavy atom. The predicted molar refractivity (Wildman–Crippen MR) is 91.6 cm³/mol. The first kappa shape index (κ1) is 20.0. The van der Waals surface area contributed by atoms with Crippen molar-refractivity contribution in [3.05, 3.63) is 54.1 Å². The molecular formula is C16H13F4N7O2. The van der Waals surface area contributed by atoms with Crippen molar-refractivity contribution in [2.75, 3.05) is 17.3 Å². The van der Waals surface area contributed by atoms with Crippen LogP contribution in [0.25, 0.3) is 0 Å². The first-order chi connectivity index (χ1) is 13.8. The summed E-state index contributed by atoms with van der Waals surface area (Å²) in [7, 11) is 1.35. The number of pyridine rings is 1. The largest absolute Gasteiger partial charge is 0.467 e. The normalized spacial score (nSPS) is 11.2. The molecule has 0 radical (unpaired) electrons. The summed E-state index contributed by atoms with van der Waals surface area (Å²) in [5, 5.41) is 7.93. The van der Waals surface area contributed by atoms with Gasteiger partial charge in [0, 0.05) is 0 Å². The van der Waals surface area contributed by atoms with Crippen LogP contribution in [0.2, 0.25) is 0 Å². The maximum Gasteiger partial charge on any atom is 0.432 e. The summed E-state index contributed by atoms with van der Waals surface area (Å²) < 4.78 is 56.2. The standard InChI is InChI=1S/C16H13F4N7O2/c1-29-14-22-6-11(7-23-14)27(8-10-4-12(26-25-10)16(18,19)20)15(28)24-9-2-3-13(17)21-5-9/h2-7H,8H2,1H3,(H,24,28)(H,25,26). The van der Waals surface area contributed by atoms with Crippen molar-refractivity contribution in [3.63, 3.8) is 0 Å². The molecule has 0 spiro atoms.